The van der Waals surface area contributed by atoms with Gasteiger partial charge in [-0.05, 0) is 6.26 Å². The Kier molecular flexibility index (Phi) is 3.14. The number of thioether (sulfide) groups is 1. The molecule has 0 saturated carbocycles. The number of β-lactam (4-membered cyclic amide) rings is 1. The van der Waals surface area contributed by atoms with E-state index in [0.29, 0.717) is 6.54 Å². The van der Waals surface area contributed by atoms with E-state index in [-0.39, 0.29) is 5.91 Å². The molecule has 0 radical (unpaired) electrons. The Balaban J connectivity index is 2.41. The van der Waals surface area contributed by atoms with Crippen LogP contribution in [0.2, 0.25) is 0 Å². The second-order valence-electron chi connectivity index (χ2n) is 2.55. The number of amides is 2. The second-order valence-corrected chi connectivity index (χ2v) is 3.49. The first kappa shape index (κ1) is 9.86. The number of hydrogen-bond donors (Lipinski definition) is 2. The summed E-state index contributed by atoms with van der Waals surface area (Å²) in [6.07, 6.45) is 1.67. The van der Waals surface area contributed by atoms with Crippen molar-refractivity contribution in [2.45, 2.75) is 11.3 Å². The molecule has 0 aromatic heterocycles. The molecule has 0 aromatic rings. The van der Waals surface area contributed by atoms with Crippen molar-refractivity contribution in [2.75, 3.05) is 12.8 Å². The second kappa shape index (κ2) is 4.14. The lowest BCUT2D eigenvalue weighted by Gasteiger charge is -2.27. The number of nitrogens with one attached hydrogen (secondary N) is 2. The summed E-state index contributed by atoms with van der Waals surface area (Å²) in [6.45, 7) is 0.455. The van der Waals surface area contributed by atoms with E-state index in [4.69, 9.17) is 5.26 Å². The molecule has 1 aliphatic rings. The minimum atomic E-state index is -0.728. The third-order valence-corrected chi connectivity index (χ3v) is 2.50. The summed E-state index contributed by atoms with van der Waals surface area (Å²) < 4.78 is 0. The topological polar surface area (TPSA) is 82.0 Å². The van der Waals surface area contributed by atoms with Crippen LogP contribution in [-0.4, -0.2) is 35.9 Å². The Morgan fingerprint density at radius 3 is 2.92 bits per heavy atom. The van der Waals surface area contributed by atoms with Gasteiger partial charge in [-0.2, -0.15) is 5.26 Å². The van der Waals surface area contributed by atoms with Crippen LogP contribution in [0.4, 0.5) is 0 Å². The predicted molar refractivity (Wildman–Crippen MR) is 47.9 cm³/mol. The first-order valence-corrected chi connectivity index (χ1v) is 4.98. The molecule has 6 heteroatoms. The van der Waals surface area contributed by atoms with Crippen LogP contribution < -0.4 is 10.6 Å². The average molecular weight is 199 g/mol. The molecule has 2 N–H and O–H groups in total. The Bertz CT molecular complexity index is 273. The maximum absolute atomic E-state index is 11.2. The highest BCUT2D eigenvalue weighted by molar-refractivity contribution is 8.00. The Hall–Kier alpha value is -1.22. The van der Waals surface area contributed by atoms with Crippen LogP contribution in [0.25, 0.3) is 0 Å². The first-order valence-electron chi connectivity index (χ1n) is 3.69. The summed E-state index contributed by atoms with van der Waals surface area (Å²) in [5.41, 5.74) is 0. The number of nitriles is 1. The zero-order valence-electron chi connectivity index (χ0n) is 7.03. The number of hydrogen-bond acceptors (Lipinski definition) is 4. The first-order chi connectivity index (χ1) is 6.19. The van der Waals surface area contributed by atoms with Crippen molar-refractivity contribution in [1.29, 1.82) is 5.26 Å². The van der Waals surface area contributed by atoms with Crippen LogP contribution in [0.5, 0.6) is 0 Å². The summed E-state index contributed by atoms with van der Waals surface area (Å²) in [4.78, 5) is 22.0. The molecule has 1 saturated heterocycles. The maximum atomic E-state index is 11.2. The van der Waals surface area contributed by atoms with E-state index in [1.165, 1.54) is 0 Å². The van der Waals surface area contributed by atoms with Gasteiger partial charge in [0, 0.05) is 6.54 Å². The monoisotopic (exact) mass is 199 g/mol. The molecule has 1 fully saturated rings. The quantitative estimate of drug-likeness (QED) is 0.563. The van der Waals surface area contributed by atoms with Gasteiger partial charge in [0.15, 0.2) is 5.25 Å². The minimum Gasteiger partial charge on any atom is -0.352 e. The van der Waals surface area contributed by atoms with Crippen LogP contribution in [-0.2, 0) is 9.59 Å². The largest absolute Gasteiger partial charge is 0.352 e. The van der Waals surface area contributed by atoms with Gasteiger partial charge in [0.05, 0.1) is 6.07 Å². The van der Waals surface area contributed by atoms with Crippen molar-refractivity contribution in [3.05, 3.63) is 0 Å². The Morgan fingerprint density at radius 2 is 2.62 bits per heavy atom. The Morgan fingerprint density at radius 1 is 1.92 bits per heavy atom. The predicted octanol–water partition coefficient (Wildman–Crippen LogP) is -1.14. The zero-order valence-corrected chi connectivity index (χ0v) is 7.85. The molecule has 0 spiro atoms. The number of carbonyl (C=O) groups excluding carboxylic acids is 2. The molecule has 13 heavy (non-hydrogen) atoms. The van der Waals surface area contributed by atoms with Crippen molar-refractivity contribution in [3.8, 4) is 6.07 Å². The molecule has 0 aliphatic carbocycles. The molecule has 0 bridgehead atoms. The van der Waals surface area contributed by atoms with Crippen LogP contribution in [0.15, 0.2) is 0 Å². The highest BCUT2D eigenvalue weighted by Crippen LogP contribution is 2.05. The van der Waals surface area contributed by atoms with Crippen LogP contribution in [0, 0.1) is 11.3 Å². The van der Waals surface area contributed by atoms with E-state index < -0.39 is 17.2 Å². The third-order valence-electron chi connectivity index (χ3n) is 1.70. The number of rotatable bonds is 3. The fourth-order valence-corrected chi connectivity index (χ4v) is 1.26. The summed E-state index contributed by atoms with van der Waals surface area (Å²) in [5, 5.41) is 12.8. The SMILES string of the molecule is CSC(C#N)C(=O)NC1CNC1=O. The molecule has 1 heterocycles. The highest BCUT2D eigenvalue weighted by Gasteiger charge is 2.31. The van der Waals surface area contributed by atoms with Gasteiger partial charge in [0.2, 0.25) is 11.8 Å². The van der Waals surface area contributed by atoms with Gasteiger partial charge in [0.25, 0.3) is 0 Å². The van der Waals surface area contributed by atoms with E-state index in [2.05, 4.69) is 10.6 Å². The van der Waals surface area contributed by atoms with Gasteiger partial charge in [-0.25, -0.2) is 0 Å². The summed E-state index contributed by atoms with van der Waals surface area (Å²) >= 11 is 1.15. The molecular formula is C7H9N3O2S. The lowest BCUT2D eigenvalue weighted by atomic mass is 10.1. The fraction of sp³-hybridized carbons (Fsp3) is 0.571. The van der Waals surface area contributed by atoms with Gasteiger partial charge in [-0.15, -0.1) is 11.8 Å². The molecule has 5 nitrogen and oxygen atoms in total. The smallest absolute Gasteiger partial charge is 0.248 e. The normalized spacial score (nSPS) is 22.2. The lowest BCUT2D eigenvalue weighted by Crippen LogP contribution is -2.62. The van der Waals surface area contributed by atoms with Gasteiger partial charge in [-0.1, -0.05) is 0 Å². The molecule has 70 valence electrons. The van der Waals surface area contributed by atoms with Crippen molar-refractivity contribution in [1.82, 2.24) is 10.6 Å². The molecular weight excluding hydrogens is 190 g/mol. The molecule has 2 amide bonds. The maximum Gasteiger partial charge on any atom is 0.248 e. The average Bonchev–Trinajstić information content (AvgIpc) is 2.14. The van der Waals surface area contributed by atoms with E-state index in [0.717, 1.165) is 11.8 Å². The van der Waals surface area contributed by atoms with Gasteiger partial charge in [0.1, 0.15) is 6.04 Å². The van der Waals surface area contributed by atoms with E-state index in [9.17, 15) is 9.59 Å². The number of carbonyl (C=O) groups is 2. The third kappa shape index (κ3) is 2.12. The molecule has 1 aliphatic heterocycles. The van der Waals surface area contributed by atoms with Gasteiger partial charge >= 0.3 is 0 Å². The van der Waals surface area contributed by atoms with Crippen molar-refractivity contribution in [3.63, 3.8) is 0 Å². The number of nitrogens with zero attached hydrogens (tertiary/aromatic N) is 1. The van der Waals surface area contributed by atoms with Gasteiger partial charge in [-0.3, -0.25) is 9.59 Å². The van der Waals surface area contributed by atoms with Crippen molar-refractivity contribution < 1.29 is 9.59 Å². The van der Waals surface area contributed by atoms with Crippen LogP contribution in [0.3, 0.4) is 0 Å². The standard InChI is InChI=1S/C7H9N3O2S/c1-13-5(2-8)7(12)10-4-3-9-6(4)11/h4-5H,3H2,1H3,(H,9,11)(H,10,12). The Labute approximate surface area is 79.9 Å². The fourth-order valence-electron chi connectivity index (χ4n) is 0.870. The molecule has 1 rings (SSSR count). The molecule has 2 unspecified atom stereocenters. The lowest BCUT2D eigenvalue weighted by molar-refractivity contribution is -0.132. The highest BCUT2D eigenvalue weighted by atomic mass is 32.2. The summed E-state index contributed by atoms with van der Waals surface area (Å²) in [6, 6.07) is 1.39. The van der Waals surface area contributed by atoms with Gasteiger partial charge < -0.3 is 10.6 Å². The van der Waals surface area contributed by atoms with Crippen LogP contribution >= 0.6 is 11.8 Å². The van der Waals surface area contributed by atoms with E-state index in [1.807, 2.05) is 6.07 Å². The van der Waals surface area contributed by atoms with Crippen molar-refractivity contribution >= 4 is 23.6 Å². The minimum absolute atomic E-state index is 0.189. The molecule has 0 aromatic carbocycles. The van der Waals surface area contributed by atoms with E-state index in [1.54, 1.807) is 6.26 Å². The summed E-state index contributed by atoms with van der Waals surface area (Å²) in [7, 11) is 0. The zero-order chi connectivity index (χ0) is 9.84. The van der Waals surface area contributed by atoms with Crippen LogP contribution in [0.1, 0.15) is 0 Å². The van der Waals surface area contributed by atoms with Crippen molar-refractivity contribution in [2.24, 2.45) is 0 Å². The van der Waals surface area contributed by atoms with E-state index >= 15 is 0 Å². The summed E-state index contributed by atoms with van der Waals surface area (Å²) in [5.74, 6) is -0.582. The molecule has 2 atom stereocenters.